The average Bonchev–Trinajstić information content (AvgIpc) is 2.42. The molecule has 1 N–H and O–H groups in total. The van der Waals surface area contributed by atoms with Crippen LogP contribution >= 0.6 is 15.9 Å². The molecule has 1 unspecified atom stereocenters. The molecular weight excluding hydrogens is 366 g/mol. The molecule has 1 amide bonds. The molecule has 0 aliphatic rings. The quantitative estimate of drug-likeness (QED) is 0.621. The van der Waals surface area contributed by atoms with Gasteiger partial charge in [-0.1, -0.05) is 28.1 Å². The smallest absolute Gasteiger partial charge is 0.408 e. The van der Waals surface area contributed by atoms with Gasteiger partial charge in [0.25, 0.3) is 5.78 Å². The van der Waals surface area contributed by atoms with Gasteiger partial charge in [-0.05, 0) is 45.4 Å². The molecule has 23 heavy (non-hydrogen) atoms. The van der Waals surface area contributed by atoms with E-state index in [1.807, 2.05) is 0 Å². The van der Waals surface area contributed by atoms with Crippen molar-refractivity contribution in [3.8, 4) is 0 Å². The van der Waals surface area contributed by atoms with Crippen LogP contribution in [-0.4, -0.2) is 30.1 Å². The topological polar surface area (TPSA) is 81.7 Å². The Balaban J connectivity index is 3.04. The summed E-state index contributed by atoms with van der Waals surface area (Å²) in [7, 11) is 0. The number of nitrogens with one attached hydrogen (secondary N) is 1. The largest absolute Gasteiger partial charge is 0.460 e. The zero-order valence-electron chi connectivity index (χ0n) is 13.5. The van der Waals surface area contributed by atoms with E-state index in [1.165, 1.54) is 0 Å². The van der Waals surface area contributed by atoms with Crippen LogP contribution in [0.5, 0.6) is 0 Å². The van der Waals surface area contributed by atoms with Crippen molar-refractivity contribution >= 4 is 33.8 Å². The summed E-state index contributed by atoms with van der Waals surface area (Å²) in [6.45, 7) is 6.78. The molecule has 6 nitrogen and oxygen atoms in total. The normalized spacial score (nSPS) is 12.2. The number of carbonyl (C=O) groups is 3. The van der Waals surface area contributed by atoms with Crippen LogP contribution in [0.15, 0.2) is 28.7 Å². The molecule has 1 rings (SSSR count). The first kappa shape index (κ1) is 19.2. The first-order valence-electron chi connectivity index (χ1n) is 7.10. The van der Waals surface area contributed by atoms with Crippen LogP contribution < -0.4 is 5.32 Å². The highest BCUT2D eigenvalue weighted by Crippen LogP contribution is 2.20. The predicted octanol–water partition coefficient (Wildman–Crippen LogP) is 3.15. The van der Waals surface area contributed by atoms with Crippen molar-refractivity contribution in [2.24, 2.45) is 0 Å². The average molecular weight is 386 g/mol. The Bertz CT molecular complexity index is 594. The lowest BCUT2D eigenvalue weighted by atomic mass is 10.0. The summed E-state index contributed by atoms with van der Waals surface area (Å²) in [5, 5.41) is 2.42. The van der Waals surface area contributed by atoms with E-state index >= 15 is 0 Å². The fraction of sp³-hybridized carbons (Fsp3) is 0.438. The molecule has 0 spiro atoms. The second-order valence-corrected chi connectivity index (χ2v) is 6.63. The minimum atomic E-state index is -1.18. The van der Waals surface area contributed by atoms with Crippen molar-refractivity contribution in [3.63, 3.8) is 0 Å². The molecule has 126 valence electrons. The third-order valence-corrected chi connectivity index (χ3v) is 3.08. The van der Waals surface area contributed by atoms with Crippen LogP contribution in [0.4, 0.5) is 4.79 Å². The van der Waals surface area contributed by atoms with Crippen molar-refractivity contribution in [1.29, 1.82) is 0 Å². The molecule has 7 heteroatoms. The number of hydrogen-bond donors (Lipinski definition) is 1. The summed E-state index contributed by atoms with van der Waals surface area (Å²) in [6.07, 6.45) is -0.792. The van der Waals surface area contributed by atoms with E-state index in [-0.39, 0.29) is 6.61 Å². The van der Waals surface area contributed by atoms with E-state index in [0.717, 1.165) is 0 Å². The molecule has 0 saturated heterocycles. The van der Waals surface area contributed by atoms with Gasteiger partial charge in [-0.15, -0.1) is 0 Å². The lowest BCUT2D eigenvalue weighted by molar-refractivity contribution is -0.154. The highest BCUT2D eigenvalue weighted by atomic mass is 79.9. The van der Waals surface area contributed by atoms with E-state index < -0.39 is 29.5 Å². The maximum absolute atomic E-state index is 12.3. The van der Waals surface area contributed by atoms with Gasteiger partial charge in [0.15, 0.2) is 0 Å². The fourth-order valence-corrected chi connectivity index (χ4v) is 2.15. The Kier molecular flexibility index (Phi) is 6.75. The van der Waals surface area contributed by atoms with E-state index in [9.17, 15) is 14.4 Å². The number of alkyl carbamates (subject to hydrolysis) is 1. The van der Waals surface area contributed by atoms with Crippen LogP contribution in [0.1, 0.15) is 39.3 Å². The molecule has 0 saturated carbocycles. The van der Waals surface area contributed by atoms with E-state index in [0.29, 0.717) is 10.0 Å². The van der Waals surface area contributed by atoms with Crippen LogP contribution in [0, 0.1) is 0 Å². The Morgan fingerprint density at radius 2 is 1.91 bits per heavy atom. The zero-order chi connectivity index (χ0) is 17.6. The molecule has 1 atom stereocenters. The van der Waals surface area contributed by atoms with Crippen LogP contribution in [0.3, 0.4) is 0 Å². The lowest BCUT2D eigenvalue weighted by Gasteiger charge is -2.23. The number of ether oxygens (including phenoxy) is 2. The van der Waals surface area contributed by atoms with Gasteiger partial charge in [0.05, 0.1) is 6.61 Å². The number of hydrogen-bond acceptors (Lipinski definition) is 5. The van der Waals surface area contributed by atoms with Crippen LogP contribution in [0.2, 0.25) is 0 Å². The first-order valence-corrected chi connectivity index (χ1v) is 7.89. The number of amides is 1. The molecule has 0 aliphatic carbocycles. The van der Waals surface area contributed by atoms with Crippen molar-refractivity contribution in [2.45, 2.75) is 39.3 Å². The van der Waals surface area contributed by atoms with E-state index in [2.05, 4.69) is 21.2 Å². The Morgan fingerprint density at radius 1 is 1.26 bits per heavy atom. The summed E-state index contributed by atoms with van der Waals surface area (Å²) in [4.78, 5) is 36.0. The SMILES string of the molecule is CCOC(=O)C(=O)C(NC(=O)OC(C)(C)C)c1cccc(Br)c1. The monoisotopic (exact) mass is 385 g/mol. The van der Waals surface area contributed by atoms with Crippen molar-refractivity contribution in [2.75, 3.05) is 6.61 Å². The second-order valence-electron chi connectivity index (χ2n) is 5.72. The van der Waals surface area contributed by atoms with Gasteiger partial charge in [0.1, 0.15) is 11.6 Å². The Morgan fingerprint density at radius 3 is 2.43 bits per heavy atom. The number of Topliss-reactive ketones (excluding diaryl/α,β-unsaturated/α-hetero) is 1. The van der Waals surface area contributed by atoms with Gasteiger partial charge >= 0.3 is 12.1 Å². The van der Waals surface area contributed by atoms with Gasteiger partial charge in [-0.3, -0.25) is 4.79 Å². The molecule has 0 fully saturated rings. The third kappa shape index (κ3) is 6.40. The minimum Gasteiger partial charge on any atom is -0.460 e. The maximum atomic E-state index is 12.3. The van der Waals surface area contributed by atoms with E-state index in [4.69, 9.17) is 9.47 Å². The van der Waals surface area contributed by atoms with Crippen LogP contribution in [0.25, 0.3) is 0 Å². The number of benzene rings is 1. The molecule has 1 aromatic carbocycles. The summed E-state index contributed by atoms with van der Waals surface area (Å²) >= 11 is 3.29. The van der Waals surface area contributed by atoms with Gasteiger partial charge in [-0.25, -0.2) is 9.59 Å². The first-order chi connectivity index (χ1) is 10.6. The van der Waals surface area contributed by atoms with Gasteiger partial charge in [0.2, 0.25) is 0 Å². The van der Waals surface area contributed by atoms with Gasteiger partial charge < -0.3 is 14.8 Å². The molecule has 0 aliphatic heterocycles. The van der Waals surface area contributed by atoms with Crippen molar-refractivity contribution in [3.05, 3.63) is 34.3 Å². The summed E-state index contributed by atoms with van der Waals surface area (Å²) in [5.74, 6) is -1.87. The number of ketones is 1. The molecule has 0 bridgehead atoms. The Hall–Kier alpha value is -1.89. The highest BCUT2D eigenvalue weighted by Gasteiger charge is 2.31. The predicted molar refractivity (Wildman–Crippen MR) is 87.9 cm³/mol. The number of esters is 1. The van der Waals surface area contributed by atoms with Crippen molar-refractivity contribution in [1.82, 2.24) is 5.32 Å². The fourth-order valence-electron chi connectivity index (χ4n) is 1.73. The Labute approximate surface area is 143 Å². The molecule has 0 radical (unpaired) electrons. The summed E-state index contributed by atoms with van der Waals surface area (Å²) in [5.41, 5.74) is -0.276. The standard InChI is InChI=1S/C16H20BrNO5/c1-5-22-14(20)13(19)12(10-7-6-8-11(17)9-10)18-15(21)23-16(2,3)4/h6-9,12H,5H2,1-4H3,(H,18,21). The highest BCUT2D eigenvalue weighted by molar-refractivity contribution is 9.10. The molecule has 1 aromatic rings. The van der Waals surface area contributed by atoms with Gasteiger partial charge in [0, 0.05) is 4.47 Å². The number of halogens is 1. The third-order valence-electron chi connectivity index (χ3n) is 2.58. The second kappa shape index (κ2) is 8.10. The summed E-state index contributed by atoms with van der Waals surface area (Å²) < 4.78 is 10.6. The maximum Gasteiger partial charge on any atom is 0.408 e. The lowest BCUT2D eigenvalue weighted by Crippen LogP contribution is -2.40. The van der Waals surface area contributed by atoms with E-state index in [1.54, 1.807) is 52.0 Å². The zero-order valence-corrected chi connectivity index (χ0v) is 15.1. The number of carbonyl (C=O) groups excluding carboxylic acids is 3. The molecular formula is C16H20BrNO5. The van der Waals surface area contributed by atoms with Crippen molar-refractivity contribution < 1.29 is 23.9 Å². The minimum absolute atomic E-state index is 0.0716. The van der Waals surface area contributed by atoms with Gasteiger partial charge in [-0.2, -0.15) is 0 Å². The summed E-state index contributed by atoms with van der Waals surface area (Å²) in [6, 6.07) is 5.55. The molecule has 0 aromatic heterocycles. The number of rotatable bonds is 5. The molecule has 0 heterocycles. The van der Waals surface area contributed by atoms with Crippen LogP contribution in [-0.2, 0) is 19.1 Å².